The maximum atomic E-state index is 10.4. The zero-order valence-electron chi connectivity index (χ0n) is 9.06. The van der Waals surface area contributed by atoms with Crippen LogP contribution in [0.4, 0.5) is 5.69 Å². The van der Waals surface area contributed by atoms with Gasteiger partial charge in [0.1, 0.15) is 12.4 Å². The molecule has 1 aliphatic rings. The number of ether oxygens (including phenoxy) is 1. The summed E-state index contributed by atoms with van der Waals surface area (Å²) in [5, 5.41) is 8.60. The van der Waals surface area contributed by atoms with Crippen LogP contribution in [0, 0.1) is 0 Å². The topological polar surface area (TPSA) is 49.8 Å². The summed E-state index contributed by atoms with van der Waals surface area (Å²) >= 11 is 0. The van der Waals surface area contributed by atoms with E-state index in [4.69, 9.17) is 9.84 Å². The number of nitrogens with zero attached hydrogens (tertiary/aromatic N) is 1. The molecule has 4 nitrogen and oxygen atoms in total. The zero-order chi connectivity index (χ0) is 11.4. The maximum Gasteiger partial charge on any atom is 0.303 e. The average Bonchev–Trinajstić information content (AvgIpc) is 2.29. The molecular formula is C12H15NO3. The molecule has 1 aromatic carbocycles. The second-order valence-corrected chi connectivity index (χ2v) is 3.80. The Labute approximate surface area is 94.4 Å². The van der Waals surface area contributed by atoms with Crippen LogP contribution in [0.3, 0.4) is 0 Å². The highest BCUT2D eigenvalue weighted by molar-refractivity contribution is 5.66. The lowest BCUT2D eigenvalue weighted by atomic mass is 10.2. The van der Waals surface area contributed by atoms with Crippen LogP contribution < -0.4 is 9.64 Å². The van der Waals surface area contributed by atoms with E-state index in [-0.39, 0.29) is 6.42 Å². The van der Waals surface area contributed by atoms with Crippen molar-refractivity contribution in [2.45, 2.75) is 12.8 Å². The number of carboxylic acids is 1. The number of aliphatic carboxylic acids is 1. The van der Waals surface area contributed by atoms with Gasteiger partial charge in [-0.3, -0.25) is 4.79 Å². The first-order valence-electron chi connectivity index (χ1n) is 5.46. The van der Waals surface area contributed by atoms with Crippen LogP contribution in [0.25, 0.3) is 0 Å². The van der Waals surface area contributed by atoms with Crippen molar-refractivity contribution < 1.29 is 14.6 Å². The summed E-state index contributed by atoms with van der Waals surface area (Å²) in [5.74, 6) is 0.158. The molecule has 1 aromatic rings. The van der Waals surface area contributed by atoms with Crippen molar-refractivity contribution in [2.24, 2.45) is 0 Å². The Morgan fingerprint density at radius 3 is 3.06 bits per heavy atom. The molecule has 0 unspecified atom stereocenters. The summed E-state index contributed by atoms with van der Waals surface area (Å²) in [7, 11) is 0. The number of carboxylic acid groups (broad SMARTS) is 1. The zero-order valence-corrected chi connectivity index (χ0v) is 9.06. The van der Waals surface area contributed by atoms with Gasteiger partial charge in [-0.1, -0.05) is 12.1 Å². The van der Waals surface area contributed by atoms with Gasteiger partial charge in [-0.25, -0.2) is 0 Å². The van der Waals surface area contributed by atoms with Crippen molar-refractivity contribution in [2.75, 3.05) is 24.6 Å². The standard InChI is InChI=1S/C12H15NO3/c14-12(15)6-3-7-13-8-9-16-11-5-2-1-4-10(11)13/h1-2,4-5H,3,6-9H2,(H,14,15). The third-order valence-electron chi connectivity index (χ3n) is 2.64. The first-order chi connectivity index (χ1) is 7.77. The fourth-order valence-electron chi connectivity index (χ4n) is 1.88. The van der Waals surface area contributed by atoms with E-state index >= 15 is 0 Å². The number of para-hydroxylation sites is 2. The normalized spacial score (nSPS) is 14.1. The monoisotopic (exact) mass is 221 g/mol. The minimum atomic E-state index is -0.735. The summed E-state index contributed by atoms with van der Waals surface area (Å²) in [5.41, 5.74) is 1.07. The minimum Gasteiger partial charge on any atom is -0.490 e. The second kappa shape index (κ2) is 4.88. The molecule has 0 aliphatic carbocycles. The van der Waals surface area contributed by atoms with Gasteiger partial charge in [0.15, 0.2) is 0 Å². The Morgan fingerprint density at radius 1 is 1.44 bits per heavy atom. The van der Waals surface area contributed by atoms with Gasteiger partial charge in [0.25, 0.3) is 0 Å². The highest BCUT2D eigenvalue weighted by Crippen LogP contribution is 2.30. The summed E-state index contributed by atoms with van der Waals surface area (Å²) in [6.45, 7) is 2.27. The number of benzene rings is 1. The molecule has 0 aromatic heterocycles. The second-order valence-electron chi connectivity index (χ2n) is 3.80. The average molecular weight is 221 g/mol. The van der Waals surface area contributed by atoms with Crippen LogP contribution >= 0.6 is 0 Å². The summed E-state index contributed by atoms with van der Waals surface area (Å²) in [6, 6.07) is 7.87. The molecule has 0 radical (unpaired) electrons. The lowest BCUT2D eigenvalue weighted by Gasteiger charge is -2.31. The first-order valence-corrected chi connectivity index (χ1v) is 5.46. The molecule has 1 aliphatic heterocycles. The molecule has 1 N–H and O–H groups in total. The predicted molar refractivity (Wildman–Crippen MR) is 61.0 cm³/mol. The van der Waals surface area contributed by atoms with Gasteiger partial charge in [-0.05, 0) is 18.6 Å². The molecule has 2 rings (SSSR count). The van der Waals surface area contributed by atoms with Gasteiger partial charge in [0.2, 0.25) is 0 Å². The molecule has 0 fully saturated rings. The van der Waals surface area contributed by atoms with E-state index in [2.05, 4.69) is 4.90 Å². The Hall–Kier alpha value is -1.71. The van der Waals surface area contributed by atoms with E-state index in [1.165, 1.54) is 0 Å². The number of anilines is 1. The molecule has 0 spiro atoms. The molecule has 0 bridgehead atoms. The van der Waals surface area contributed by atoms with Gasteiger partial charge in [0.05, 0.1) is 12.2 Å². The fourth-order valence-corrected chi connectivity index (χ4v) is 1.88. The van der Waals surface area contributed by atoms with Crippen molar-refractivity contribution in [1.29, 1.82) is 0 Å². The minimum absolute atomic E-state index is 0.222. The predicted octanol–water partition coefficient (Wildman–Crippen LogP) is 1.75. The van der Waals surface area contributed by atoms with Gasteiger partial charge in [-0.2, -0.15) is 0 Å². The van der Waals surface area contributed by atoms with Crippen LogP contribution in [0.5, 0.6) is 5.75 Å². The fraction of sp³-hybridized carbons (Fsp3) is 0.417. The van der Waals surface area contributed by atoms with E-state index in [9.17, 15) is 4.79 Å². The van der Waals surface area contributed by atoms with Crippen LogP contribution in [-0.4, -0.2) is 30.8 Å². The molecular weight excluding hydrogens is 206 g/mol. The lowest BCUT2D eigenvalue weighted by molar-refractivity contribution is -0.137. The molecule has 86 valence electrons. The van der Waals surface area contributed by atoms with Crippen LogP contribution in [0.1, 0.15) is 12.8 Å². The van der Waals surface area contributed by atoms with Crippen LogP contribution in [0.15, 0.2) is 24.3 Å². The third kappa shape index (κ3) is 2.45. The smallest absolute Gasteiger partial charge is 0.303 e. The van der Waals surface area contributed by atoms with Gasteiger partial charge >= 0.3 is 5.97 Å². The van der Waals surface area contributed by atoms with E-state index in [0.29, 0.717) is 13.0 Å². The molecule has 16 heavy (non-hydrogen) atoms. The highest BCUT2D eigenvalue weighted by Gasteiger charge is 2.16. The van der Waals surface area contributed by atoms with E-state index in [0.717, 1.165) is 24.5 Å². The van der Waals surface area contributed by atoms with E-state index in [1.807, 2.05) is 24.3 Å². The molecule has 1 heterocycles. The number of hydrogen-bond acceptors (Lipinski definition) is 3. The van der Waals surface area contributed by atoms with Crippen molar-refractivity contribution in [3.8, 4) is 5.75 Å². The van der Waals surface area contributed by atoms with Crippen molar-refractivity contribution in [3.63, 3.8) is 0 Å². The van der Waals surface area contributed by atoms with Gasteiger partial charge in [0, 0.05) is 13.0 Å². The molecule has 4 heteroatoms. The number of carbonyl (C=O) groups is 1. The van der Waals surface area contributed by atoms with Gasteiger partial charge < -0.3 is 14.7 Å². The van der Waals surface area contributed by atoms with Crippen molar-refractivity contribution >= 4 is 11.7 Å². The molecule has 0 saturated heterocycles. The number of rotatable bonds is 4. The SMILES string of the molecule is O=C(O)CCCN1CCOc2ccccc21. The molecule has 0 atom stereocenters. The van der Waals surface area contributed by atoms with Crippen LogP contribution in [0.2, 0.25) is 0 Å². The summed E-state index contributed by atoms with van der Waals surface area (Å²) < 4.78 is 5.52. The van der Waals surface area contributed by atoms with Crippen LogP contribution in [-0.2, 0) is 4.79 Å². The van der Waals surface area contributed by atoms with E-state index < -0.39 is 5.97 Å². The molecule has 0 saturated carbocycles. The number of fused-ring (bicyclic) bond motifs is 1. The summed E-state index contributed by atoms with van der Waals surface area (Å²) in [6.07, 6.45) is 0.892. The maximum absolute atomic E-state index is 10.4. The lowest BCUT2D eigenvalue weighted by Crippen LogP contribution is -2.33. The van der Waals surface area contributed by atoms with Crippen molar-refractivity contribution in [1.82, 2.24) is 0 Å². The largest absolute Gasteiger partial charge is 0.490 e. The van der Waals surface area contributed by atoms with E-state index in [1.54, 1.807) is 0 Å². The highest BCUT2D eigenvalue weighted by atomic mass is 16.5. The molecule has 0 amide bonds. The Kier molecular flexibility index (Phi) is 3.29. The first kappa shape index (κ1) is 10.8. The van der Waals surface area contributed by atoms with Crippen molar-refractivity contribution in [3.05, 3.63) is 24.3 Å². The Balaban J connectivity index is 1.99. The Morgan fingerprint density at radius 2 is 2.25 bits per heavy atom. The third-order valence-corrected chi connectivity index (χ3v) is 2.64. The van der Waals surface area contributed by atoms with Gasteiger partial charge in [-0.15, -0.1) is 0 Å². The summed E-state index contributed by atoms with van der Waals surface area (Å²) in [4.78, 5) is 12.6. The Bertz CT molecular complexity index is 378. The number of hydrogen-bond donors (Lipinski definition) is 1. The quantitative estimate of drug-likeness (QED) is 0.841.